The highest BCUT2D eigenvalue weighted by atomic mass is 15.0. The van der Waals surface area contributed by atoms with Crippen LogP contribution in [0.4, 0.5) is 0 Å². The summed E-state index contributed by atoms with van der Waals surface area (Å²) < 4.78 is 2.53. The maximum absolute atomic E-state index is 2.53. The summed E-state index contributed by atoms with van der Waals surface area (Å²) in [4.78, 5) is 0. The number of hydrogen-bond acceptors (Lipinski definition) is 0. The van der Waals surface area contributed by atoms with Gasteiger partial charge in [-0.15, -0.1) is 0 Å². The summed E-state index contributed by atoms with van der Waals surface area (Å²) >= 11 is 0. The molecule has 0 saturated carbocycles. The zero-order chi connectivity index (χ0) is 37.3. The van der Waals surface area contributed by atoms with Gasteiger partial charge in [-0.25, -0.2) is 0 Å². The van der Waals surface area contributed by atoms with Gasteiger partial charge in [0.2, 0.25) is 0 Å². The Kier molecular flexibility index (Phi) is 6.09. The summed E-state index contributed by atoms with van der Waals surface area (Å²) in [5.41, 5.74) is 21.2. The van der Waals surface area contributed by atoms with Gasteiger partial charge in [-0.2, -0.15) is 0 Å². The summed E-state index contributed by atoms with van der Waals surface area (Å²) in [6, 6.07) is 79.9. The zero-order valence-corrected chi connectivity index (χ0v) is 31.2. The van der Waals surface area contributed by atoms with Crippen molar-refractivity contribution < 1.29 is 0 Å². The fourth-order valence-electron chi connectivity index (χ4n) is 11.5. The van der Waals surface area contributed by atoms with Crippen molar-refractivity contribution in [1.29, 1.82) is 0 Å². The van der Waals surface area contributed by atoms with Crippen LogP contribution in [0.2, 0.25) is 0 Å². The molecule has 1 heterocycles. The Hall–Kier alpha value is -7.22. The lowest BCUT2D eigenvalue weighted by atomic mass is 9.52. The van der Waals surface area contributed by atoms with Crippen LogP contribution in [0.5, 0.6) is 0 Å². The van der Waals surface area contributed by atoms with Gasteiger partial charge in [-0.1, -0.05) is 194 Å². The monoisotopic (exact) mass is 721 g/mol. The van der Waals surface area contributed by atoms with Crippen LogP contribution in [0, 0.1) is 0 Å². The van der Waals surface area contributed by atoms with Crippen LogP contribution >= 0.6 is 0 Å². The first-order valence-corrected chi connectivity index (χ1v) is 20.0. The Balaban J connectivity index is 1.17. The van der Waals surface area contributed by atoms with Gasteiger partial charge in [0.1, 0.15) is 0 Å². The minimum Gasteiger partial charge on any atom is -0.309 e. The second-order valence-electron chi connectivity index (χ2n) is 15.9. The third kappa shape index (κ3) is 3.70. The number of para-hydroxylation sites is 1. The SMILES string of the molecule is c1ccc(-c2ccc(-n3c4ccccc4c4ccc5c(c43)-c3ccccc3C53c4ccccc4C4(c5ccccc5-c5ccccc54)c4ccccc43)cc2)cc1. The van der Waals surface area contributed by atoms with Gasteiger partial charge >= 0.3 is 0 Å². The molecule has 3 aliphatic carbocycles. The van der Waals surface area contributed by atoms with Gasteiger partial charge in [0.15, 0.2) is 0 Å². The average molecular weight is 722 g/mol. The summed E-state index contributed by atoms with van der Waals surface area (Å²) in [7, 11) is 0. The molecule has 0 N–H and O–H groups in total. The molecular formula is C56H35N. The first kappa shape index (κ1) is 31.0. The zero-order valence-electron chi connectivity index (χ0n) is 31.2. The van der Waals surface area contributed by atoms with Gasteiger partial charge in [-0.3, -0.25) is 0 Å². The Morgan fingerprint density at radius 1 is 0.281 bits per heavy atom. The molecule has 0 atom stereocenters. The van der Waals surface area contributed by atoms with Gasteiger partial charge in [0.25, 0.3) is 0 Å². The van der Waals surface area contributed by atoms with E-state index in [9.17, 15) is 0 Å². The minimum absolute atomic E-state index is 0.456. The predicted octanol–water partition coefficient (Wildman–Crippen LogP) is 13.5. The normalized spacial score (nSPS) is 14.6. The van der Waals surface area contributed by atoms with Crippen molar-refractivity contribution in [2.45, 2.75) is 10.8 Å². The van der Waals surface area contributed by atoms with Crippen molar-refractivity contribution in [3.63, 3.8) is 0 Å². The largest absolute Gasteiger partial charge is 0.309 e. The molecule has 0 radical (unpaired) electrons. The van der Waals surface area contributed by atoms with Crippen LogP contribution in [-0.4, -0.2) is 4.57 Å². The molecule has 0 saturated heterocycles. The predicted molar refractivity (Wildman–Crippen MR) is 234 cm³/mol. The molecule has 13 rings (SSSR count). The fourth-order valence-corrected chi connectivity index (χ4v) is 11.5. The maximum Gasteiger partial charge on any atom is 0.0720 e. The third-order valence-electron chi connectivity index (χ3n) is 13.5. The van der Waals surface area contributed by atoms with Crippen molar-refractivity contribution in [3.8, 4) is 39.1 Å². The van der Waals surface area contributed by atoms with E-state index in [2.05, 4.69) is 217 Å². The van der Waals surface area contributed by atoms with E-state index in [0.717, 1.165) is 5.69 Å². The molecule has 0 unspecified atom stereocenters. The van der Waals surface area contributed by atoms with Crippen molar-refractivity contribution >= 4 is 21.8 Å². The van der Waals surface area contributed by atoms with Crippen LogP contribution in [0.3, 0.4) is 0 Å². The Morgan fingerprint density at radius 2 is 0.719 bits per heavy atom. The summed E-state index contributed by atoms with van der Waals surface area (Å²) in [5.74, 6) is 0. The molecule has 0 fully saturated rings. The number of rotatable bonds is 2. The highest BCUT2D eigenvalue weighted by Gasteiger charge is 2.59. The number of nitrogens with zero attached hydrogens (tertiary/aromatic N) is 1. The number of benzene rings is 9. The lowest BCUT2D eigenvalue weighted by Crippen LogP contribution is -2.43. The second-order valence-corrected chi connectivity index (χ2v) is 15.9. The van der Waals surface area contributed by atoms with Crippen LogP contribution < -0.4 is 0 Å². The van der Waals surface area contributed by atoms with E-state index >= 15 is 0 Å². The topological polar surface area (TPSA) is 4.93 Å². The van der Waals surface area contributed by atoms with Crippen LogP contribution in [0.1, 0.15) is 44.5 Å². The molecule has 0 bridgehead atoms. The molecule has 1 heteroatoms. The molecule has 264 valence electrons. The van der Waals surface area contributed by atoms with Gasteiger partial charge < -0.3 is 4.57 Å². The van der Waals surface area contributed by atoms with Gasteiger partial charge in [0, 0.05) is 22.0 Å². The summed E-state index contributed by atoms with van der Waals surface area (Å²) in [6.07, 6.45) is 0. The van der Waals surface area contributed by atoms with Gasteiger partial charge in [0.05, 0.1) is 21.9 Å². The van der Waals surface area contributed by atoms with Crippen molar-refractivity contribution in [1.82, 2.24) is 4.57 Å². The van der Waals surface area contributed by atoms with E-state index in [-0.39, 0.29) is 0 Å². The molecule has 57 heavy (non-hydrogen) atoms. The molecule has 0 amide bonds. The van der Waals surface area contributed by atoms with E-state index in [1.807, 2.05) is 0 Å². The van der Waals surface area contributed by atoms with E-state index in [1.165, 1.54) is 99.7 Å². The maximum atomic E-state index is 2.53. The molecule has 1 nitrogen and oxygen atoms in total. The van der Waals surface area contributed by atoms with E-state index in [4.69, 9.17) is 0 Å². The molecule has 1 aromatic heterocycles. The summed E-state index contributed by atoms with van der Waals surface area (Å²) in [6.45, 7) is 0. The standard InChI is InChI=1S/C56H35N/c1-2-16-36(17-3-1)37-30-32-38(33-31-37)57-52-29-15-7-20-41(52)42-34-35-51-53(54(42)57)43-21-6-10-24-46(43)56(51)49-27-13-11-25-47(49)55(48-26-12-14-28-50(48)56)44-22-8-4-18-39(44)40-19-5-9-23-45(40)55/h1-35H. The highest BCUT2D eigenvalue weighted by Crippen LogP contribution is 2.68. The quantitative estimate of drug-likeness (QED) is 0.167. The highest BCUT2D eigenvalue weighted by molar-refractivity contribution is 6.16. The fraction of sp³-hybridized carbons (Fsp3) is 0.0357. The molecule has 0 aliphatic heterocycles. The average Bonchev–Trinajstić information content (AvgIpc) is 3.89. The second kappa shape index (κ2) is 11.2. The third-order valence-corrected chi connectivity index (χ3v) is 13.5. The first-order valence-electron chi connectivity index (χ1n) is 20.0. The van der Waals surface area contributed by atoms with Crippen molar-refractivity contribution in [2.75, 3.05) is 0 Å². The minimum atomic E-state index is -0.538. The molecule has 2 spiro atoms. The Bertz CT molecular complexity index is 3190. The molecule has 3 aliphatic rings. The van der Waals surface area contributed by atoms with Crippen LogP contribution in [0.15, 0.2) is 212 Å². The summed E-state index contributed by atoms with van der Waals surface area (Å²) in [5, 5.41) is 2.54. The lowest BCUT2D eigenvalue weighted by molar-refractivity contribution is 0.633. The lowest BCUT2D eigenvalue weighted by Gasteiger charge is -2.48. The van der Waals surface area contributed by atoms with Crippen LogP contribution in [0.25, 0.3) is 60.9 Å². The molecule has 9 aromatic carbocycles. The Labute approximate surface area is 331 Å². The van der Waals surface area contributed by atoms with Crippen molar-refractivity contribution in [2.24, 2.45) is 0 Å². The van der Waals surface area contributed by atoms with E-state index in [0.29, 0.717) is 0 Å². The van der Waals surface area contributed by atoms with Crippen LogP contribution in [-0.2, 0) is 10.8 Å². The number of fused-ring (bicyclic) bond motifs is 20. The molecular weight excluding hydrogens is 687 g/mol. The van der Waals surface area contributed by atoms with E-state index in [1.54, 1.807) is 0 Å². The number of aromatic nitrogens is 1. The van der Waals surface area contributed by atoms with Gasteiger partial charge in [-0.05, 0) is 90.5 Å². The smallest absolute Gasteiger partial charge is 0.0720 e. The first-order chi connectivity index (χ1) is 28.3. The Morgan fingerprint density at radius 3 is 1.32 bits per heavy atom. The number of hydrogen-bond donors (Lipinski definition) is 0. The van der Waals surface area contributed by atoms with E-state index < -0.39 is 10.8 Å². The van der Waals surface area contributed by atoms with Crippen molar-refractivity contribution in [3.05, 3.63) is 257 Å². The molecule has 10 aromatic rings.